The van der Waals surface area contributed by atoms with E-state index < -0.39 is 0 Å². The molecule has 1 fully saturated rings. The van der Waals surface area contributed by atoms with Crippen molar-refractivity contribution in [1.29, 1.82) is 0 Å². The van der Waals surface area contributed by atoms with Gasteiger partial charge in [-0.2, -0.15) is 0 Å². The van der Waals surface area contributed by atoms with Gasteiger partial charge < -0.3 is 10.5 Å². The van der Waals surface area contributed by atoms with E-state index in [0.29, 0.717) is 16.6 Å². The van der Waals surface area contributed by atoms with Crippen LogP contribution in [0.25, 0.3) is 0 Å². The van der Waals surface area contributed by atoms with Crippen molar-refractivity contribution in [1.82, 2.24) is 0 Å². The van der Waals surface area contributed by atoms with Gasteiger partial charge in [0.15, 0.2) is 0 Å². The van der Waals surface area contributed by atoms with E-state index in [4.69, 9.17) is 33.7 Å². The topological polar surface area (TPSA) is 35.2 Å². The highest BCUT2D eigenvalue weighted by molar-refractivity contribution is 6.42. The fourth-order valence-corrected chi connectivity index (χ4v) is 2.47. The SMILES string of the molecule is NCC(c1ccc(Cl)c(Cl)c1)C1CCCO1. The van der Waals surface area contributed by atoms with E-state index in [1.807, 2.05) is 18.2 Å². The molecule has 0 amide bonds. The minimum atomic E-state index is 0.220. The summed E-state index contributed by atoms with van der Waals surface area (Å²) in [5.74, 6) is 0.220. The van der Waals surface area contributed by atoms with E-state index >= 15 is 0 Å². The minimum absolute atomic E-state index is 0.220. The summed E-state index contributed by atoms with van der Waals surface area (Å²) in [5.41, 5.74) is 6.93. The summed E-state index contributed by atoms with van der Waals surface area (Å²) in [4.78, 5) is 0. The molecule has 2 nitrogen and oxygen atoms in total. The normalized spacial score (nSPS) is 22.3. The smallest absolute Gasteiger partial charge is 0.0656 e. The summed E-state index contributed by atoms with van der Waals surface area (Å²) >= 11 is 11.9. The second kappa shape index (κ2) is 5.37. The summed E-state index contributed by atoms with van der Waals surface area (Å²) in [6.45, 7) is 1.41. The van der Waals surface area contributed by atoms with E-state index in [2.05, 4.69) is 0 Å². The Hall–Kier alpha value is -0.280. The van der Waals surface area contributed by atoms with Crippen LogP contribution in [0.5, 0.6) is 0 Å². The molecule has 2 unspecified atom stereocenters. The number of rotatable bonds is 3. The van der Waals surface area contributed by atoms with Gasteiger partial charge in [-0.3, -0.25) is 0 Å². The first-order chi connectivity index (χ1) is 7.72. The maximum atomic E-state index is 6.01. The average Bonchev–Trinajstić information content (AvgIpc) is 2.78. The van der Waals surface area contributed by atoms with Gasteiger partial charge in [-0.1, -0.05) is 29.3 Å². The molecule has 0 bridgehead atoms. The van der Waals surface area contributed by atoms with Crippen LogP contribution in [0, 0.1) is 0 Å². The Labute approximate surface area is 106 Å². The first kappa shape index (κ1) is 12.2. The predicted molar refractivity (Wildman–Crippen MR) is 67.2 cm³/mol. The summed E-state index contributed by atoms with van der Waals surface area (Å²) < 4.78 is 5.67. The number of halogens is 2. The molecule has 88 valence electrons. The zero-order chi connectivity index (χ0) is 11.5. The highest BCUT2D eigenvalue weighted by atomic mass is 35.5. The fourth-order valence-electron chi connectivity index (χ4n) is 2.17. The number of ether oxygens (including phenoxy) is 1. The molecule has 1 aromatic rings. The van der Waals surface area contributed by atoms with Crippen LogP contribution in [0.15, 0.2) is 18.2 Å². The van der Waals surface area contributed by atoms with Gasteiger partial charge in [0, 0.05) is 19.1 Å². The van der Waals surface area contributed by atoms with Crippen molar-refractivity contribution >= 4 is 23.2 Å². The molecule has 2 rings (SSSR count). The Morgan fingerprint density at radius 3 is 2.75 bits per heavy atom. The van der Waals surface area contributed by atoms with E-state index in [9.17, 15) is 0 Å². The predicted octanol–water partition coefficient (Wildman–Crippen LogP) is 3.21. The zero-order valence-corrected chi connectivity index (χ0v) is 10.5. The summed E-state index contributed by atoms with van der Waals surface area (Å²) in [7, 11) is 0. The maximum absolute atomic E-state index is 6.01. The Bertz CT molecular complexity index is 364. The van der Waals surface area contributed by atoms with E-state index in [1.165, 1.54) is 0 Å². The molecule has 2 atom stereocenters. The van der Waals surface area contributed by atoms with Gasteiger partial charge in [-0.15, -0.1) is 0 Å². The van der Waals surface area contributed by atoms with Gasteiger partial charge in [0.2, 0.25) is 0 Å². The van der Waals surface area contributed by atoms with Crippen LogP contribution in [0.2, 0.25) is 10.0 Å². The first-order valence-corrected chi connectivity index (χ1v) is 6.24. The molecule has 0 aromatic heterocycles. The van der Waals surface area contributed by atoms with E-state index in [1.54, 1.807) is 0 Å². The Morgan fingerprint density at radius 2 is 2.19 bits per heavy atom. The van der Waals surface area contributed by atoms with Crippen molar-refractivity contribution in [3.05, 3.63) is 33.8 Å². The third-order valence-corrected chi connectivity index (χ3v) is 3.78. The first-order valence-electron chi connectivity index (χ1n) is 5.49. The van der Waals surface area contributed by atoms with Gasteiger partial charge in [-0.05, 0) is 30.5 Å². The van der Waals surface area contributed by atoms with Crippen molar-refractivity contribution in [2.45, 2.75) is 24.9 Å². The second-order valence-electron chi connectivity index (χ2n) is 4.07. The second-order valence-corrected chi connectivity index (χ2v) is 4.88. The molecule has 1 aliphatic heterocycles. The van der Waals surface area contributed by atoms with Crippen LogP contribution >= 0.6 is 23.2 Å². The number of hydrogen-bond acceptors (Lipinski definition) is 2. The van der Waals surface area contributed by atoms with Gasteiger partial charge in [-0.25, -0.2) is 0 Å². The summed E-state index contributed by atoms with van der Waals surface area (Å²) in [5, 5.41) is 1.16. The van der Waals surface area contributed by atoms with Gasteiger partial charge >= 0.3 is 0 Å². The Kier molecular flexibility index (Phi) is 4.09. The lowest BCUT2D eigenvalue weighted by Gasteiger charge is -2.22. The molecule has 0 radical (unpaired) electrons. The molecule has 1 heterocycles. The minimum Gasteiger partial charge on any atom is -0.378 e. The van der Waals surface area contributed by atoms with Gasteiger partial charge in [0.1, 0.15) is 0 Å². The zero-order valence-electron chi connectivity index (χ0n) is 8.96. The molecule has 1 saturated heterocycles. The van der Waals surface area contributed by atoms with Gasteiger partial charge in [0.25, 0.3) is 0 Å². The van der Waals surface area contributed by atoms with Crippen molar-refractivity contribution < 1.29 is 4.74 Å². The van der Waals surface area contributed by atoms with Crippen molar-refractivity contribution in [3.8, 4) is 0 Å². The molecule has 0 spiro atoms. The quantitative estimate of drug-likeness (QED) is 0.905. The average molecular weight is 260 g/mol. The molecule has 2 N–H and O–H groups in total. The van der Waals surface area contributed by atoms with Crippen LogP contribution in [-0.2, 0) is 4.74 Å². The monoisotopic (exact) mass is 259 g/mol. The van der Waals surface area contributed by atoms with Crippen LogP contribution in [-0.4, -0.2) is 19.3 Å². The van der Waals surface area contributed by atoms with Crippen LogP contribution in [0.3, 0.4) is 0 Å². The van der Waals surface area contributed by atoms with E-state index in [0.717, 1.165) is 25.0 Å². The Balaban J connectivity index is 2.22. The van der Waals surface area contributed by atoms with Crippen LogP contribution in [0.1, 0.15) is 24.3 Å². The fraction of sp³-hybridized carbons (Fsp3) is 0.500. The molecular formula is C12H15Cl2NO. The maximum Gasteiger partial charge on any atom is 0.0656 e. The summed E-state index contributed by atoms with van der Waals surface area (Å²) in [6, 6.07) is 5.69. The van der Waals surface area contributed by atoms with Crippen LogP contribution < -0.4 is 5.73 Å². The standard InChI is InChI=1S/C12H15Cl2NO/c13-10-4-3-8(6-11(10)14)9(7-15)12-2-1-5-16-12/h3-4,6,9,12H,1-2,5,7,15H2. The number of benzene rings is 1. The molecular weight excluding hydrogens is 245 g/mol. The third-order valence-electron chi connectivity index (χ3n) is 3.04. The lowest BCUT2D eigenvalue weighted by Crippen LogP contribution is -2.25. The molecule has 1 aliphatic rings. The van der Waals surface area contributed by atoms with Crippen molar-refractivity contribution in [3.63, 3.8) is 0 Å². The van der Waals surface area contributed by atoms with Crippen molar-refractivity contribution in [2.24, 2.45) is 5.73 Å². The number of hydrogen-bond donors (Lipinski definition) is 1. The lowest BCUT2D eigenvalue weighted by molar-refractivity contribution is 0.0905. The lowest BCUT2D eigenvalue weighted by atomic mass is 9.92. The van der Waals surface area contributed by atoms with E-state index in [-0.39, 0.29) is 12.0 Å². The van der Waals surface area contributed by atoms with Crippen LogP contribution in [0.4, 0.5) is 0 Å². The third kappa shape index (κ3) is 2.51. The molecule has 0 saturated carbocycles. The molecule has 0 aliphatic carbocycles. The highest BCUT2D eigenvalue weighted by Crippen LogP contribution is 2.31. The molecule has 16 heavy (non-hydrogen) atoms. The summed E-state index contributed by atoms with van der Waals surface area (Å²) in [6.07, 6.45) is 2.41. The Morgan fingerprint density at radius 1 is 1.38 bits per heavy atom. The largest absolute Gasteiger partial charge is 0.378 e. The van der Waals surface area contributed by atoms with Gasteiger partial charge in [0.05, 0.1) is 16.1 Å². The van der Waals surface area contributed by atoms with Crippen molar-refractivity contribution in [2.75, 3.05) is 13.2 Å². The highest BCUT2D eigenvalue weighted by Gasteiger charge is 2.26. The number of nitrogens with two attached hydrogens (primary N) is 1. The molecule has 1 aromatic carbocycles. The molecule has 4 heteroatoms.